The molecule has 1 saturated heterocycles. The van der Waals surface area contributed by atoms with Gasteiger partial charge in [0.2, 0.25) is 11.8 Å². The molecule has 0 atom stereocenters. The molecule has 2 rings (SSSR count). The molecule has 0 radical (unpaired) electrons. The monoisotopic (exact) mass is 400 g/mol. The molecule has 1 aliphatic heterocycles. The molecule has 1 N–H and O–H groups in total. The lowest BCUT2D eigenvalue weighted by Gasteiger charge is -2.32. The number of likely N-dealkylation sites (tertiary alicyclic amines) is 1. The number of carbonyl (C=O) groups excluding carboxylic acids is 2. The second-order valence-electron chi connectivity index (χ2n) is 6.40. The summed E-state index contributed by atoms with van der Waals surface area (Å²) < 4.78 is 5.58. The Morgan fingerprint density at radius 3 is 2.58 bits per heavy atom. The molecule has 1 fully saturated rings. The number of hydrogen-bond acceptors (Lipinski definition) is 3. The minimum absolute atomic E-state index is 0.0275. The summed E-state index contributed by atoms with van der Waals surface area (Å²) in [5, 5.41) is 3.63. The van der Waals surface area contributed by atoms with Gasteiger partial charge in [0.05, 0.1) is 11.6 Å². The van der Waals surface area contributed by atoms with Gasteiger partial charge in [-0.1, -0.05) is 23.7 Å². The van der Waals surface area contributed by atoms with E-state index in [1.54, 1.807) is 6.07 Å². The molecular weight excluding hydrogens is 375 g/mol. The maximum Gasteiger partial charge on any atom is 0.222 e. The van der Waals surface area contributed by atoms with Gasteiger partial charge < -0.3 is 15.0 Å². The first-order valence-electron chi connectivity index (χ1n) is 9.10. The van der Waals surface area contributed by atoms with Gasteiger partial charge in [-0.05, 0) is 37.8 Å². The zero-order valence-electron chi connectivity index (χ0n) is 14.9. The van der Waals surface area contributed by atoms with Crippen molar-refractivity contribution in [1.82, 2.24) is 10.2 Å². The first-order valence-corrected chi connectivity index (χ1v) is 10.0. The Kier molecular flexibility index (Phi) is 9.06. The third-order valence-corrected chi connectivity index (χ3v) is 4.96. The fraction of sp³-hybridized carbons (Fsp3) is 0.579. The number of ether oxygens (including phenoxy) is 1. The van der Waals surface area contributed by atoms with Crippen molar-refractivity contribution in [1.29, 1.82) is 0 Å². The summed E-state index contributed by atoms with van der Waals surface area (Å²) >= 11 is 11.6. The van der Waals surface area contributed by atoms with Crippen LogP contribution in [0.15, 0.2) is 24.3 Å². The third kappa shape index (κ3) is 7.04. The summed E-state index contributed by atoms with van der Waals surface area (Å²) in [6.45, 7) is 1.84. The Hall–Kier alpha value is -1.46. The van der Waals surface area contributed by atoms with Crippen LogP contribution in [0.25, 0.3) is 0 Å². The number of nitrogens with zero attached hydrogens (tertiary/aromatic N) is 1. The third-order valence-electron chi connectivity index (χ3n) is 4.38. The van der Waals surface area contributed by atoms with Crippen molar-refractivity contribution >= 4 is 35.0 Å². The fourth-order valence-electron chi connectivity index (χ4n) is 2.93. The van der Waals surface area contributed by atoms with Crippen molar-refractivity contribution in [3.63, 3.8) is 0 Å². The quantitative estimate of drug-likeness (QED) is 0.508. The second kappa shape index (κ2) is 11.3. The van der Waals surface area contributed by atoms with Gasteiger partial charge in [0.1, 0.15) is 5.75 Å². The van der Waals surface area contributed by atoms with Gasteiger partial charge in [0.25, 0.3) is 0 Å². The topological polar surface area (TPSA) is 58.6 Å². The normalized spacial score (nSPS) is 14.9. The zero-order chi connectivity index (χ0) is 18.8. The van der Waals surface area contributed by atoms with E-state index in [0.29, 0.717) is 62.0 Å². The number of nitrogens with one attached hydrogen (secondary N) is 1. The summed E-state index contributed by atoms with van der Waals surface area (Å²) in [6, 6.07) is 7.44. The van der Waals surface area contributed by atoms with E-state index in [-0.39, 0.29) is 17.9 Å². The van der Waals surface area contributed by atoms with E-state index in [1.807, 2.05) is 23.1 Å². The number of para-hydroxylation sites is 1. The van der Waals surface area contributed by atoms with Gasteiger partial charge in [0, 0.05) is 37.9 Å². The molecule has 0 unspecified atom stereocenters. The van der Waals surface area contributed by atoms with E-state index in [1.165, 1.54) is 0 Å². The van der Waals surface area contributed by atoms with Crippen LogP contribution in [0, 0.1) is 0 Å². The fourth-order valence-corrected chi connectivity index (χ4v) is 3.25. The second-order valence-corrected chi connectivity index (χ2v) is 7.18. The number of alkyl halides is 1. The highest BCUT2D eigenvalue weighted by Gasteiger charge is 2.23. The molecule has 0 bridgehead atoms. The highest BCUT2D eigenvalue weighted by atomic mass is 35.5. The lowest BCUT2D eigenvalue weighted by atomic mass is 10.0. The molecule has 5 nitrogen and oxygen atoms in total. The van der Waals surface area contributed by atoms with Gasteiger partial charge in [-0.25, -0.2) is 0 Å². The molecule has 0 saturated carbocycles. The van der Waals surface area contributed by atoms with Crippen LogP contribution in [0.2, 0.25) is 5.02 Å². The van der Waals surface area contributed by atoms with Gasteiger partial charge in [-0.15, -0.1) is 11.6 Å². The van der Waals surface area contributed by atoms with Crippen LogP contribution < -0.4 is 10.1 Å². The Labute approximate surface area is 165 Å². The van der Waals surface area contributed by atoms with Crippen LogP contribution in [-0.4, -0.2) is 48.3 Å². The maximum atomic E-state index is 12.1. The summed E-state index contributed by atoms with van der Waals surface area (Å²) in [7, 11) is 0. The Morgan fingerprint density at radius 2 is 1.88 bits per heavy atom. The van der Waals surface area contributed by atoms with E-state index in [0.717, 1.165) is 12.8 Å². The minimum atomic E-state index is 0.0275. The van der Waals surface area contributed by atoms with Crippen LogP contribution >= 0.6 is 23.2 Å². The van der Waals surface area contributed by atoms with E-state index in [9.17, 15) is 9.59 Å². The Morgan fingerprint density at radius 1 is 1.15 bits per heavy atom. The van der Waals surface area contributed by atoms with Crippen LogP contribution in [0.4, 0.5) is 0 Å². The summed E-state index contributed by atoms with van der Waals surface area (Å²) in [5.74, 6) is 1.34. The Bertz CT molecular complexity index is 590. The van der Waals surface area contributed by atoms with Crippen LogP contribution in [-0.2, 0) is 9.59 Å². The predicted molar refractivity (Wildman–Crippen MR) is 104 cm³/mol. The summed E-state index contributed by atoms with van der Waals surface area (Å²) in [5.41, 5.74) is 0. The van der Waals surface area contributed by atoms with Crippen molar-refractivity contribution in [3.8, 4) is 5.75 Å². The van der Waals surface area contributed by atoms with Crippen molar-refractivity contribution in [3.05, 3.63) is 29.3 Å². The minimum Gasteiger partial charge on any atom is -0.492 e. The van der Waals surface area contributed by atoms with E-state index in [4.69, 9.17) is 27.9 Å². The van der Waals surface area contributed by atoms with Crippen LogP contribution in [0.1, 0.15) is 38.5 Å². The molecule has 0 aromatic heterocycles. The highest BCUT2D eigenvalue weighted by molar-refractivity contribution is 6.32. The molecular formula is C19H26Cl2N2O3. The average Bonchev–Trinajstić information content (AvgIpc) is 2.65. The van der Waals surface area contributed by atoms with Crippen LogP contribution in [0.3, 0.4) is 0 Å². The molecule has 2 amide bonds. The van der Waals surface area contributed by atoms with E-state index < -0.39 is 0 Å². The number of piperidine rings is 1. The highest BCUT2D eigenvalue weighted by Crippen LogP contribution is 2.23. The van der Waals surface area contributed by atoms with Crippen molar-refractivity contribution in [2.24, 2.45) is 0 Å². The number of rotatable bonds is 9. The van der Waals surface area contributed by atoms with Crippen molar-refractivity contribution < 1.29 is 14.3 Å². The Balaban J connectivity index is 1.59. The van der Waals surface area contributed by atoms with Gasteiger partial charge >= 0.3 is 0 Å². The number of hydrogen-bond donors (Lipinski definition) is 1. The molecule has 26 heavy (non-hydrogen) atoms. The summed E-state index contributed by atoms with van der Waals surface area (Å²) in [4.78, 5) is 25.9. The smallest absolute Gasteiger partial charge is 0.222 e. The zero-order valence-corrected chi connectivity index (χ0v) is 16.4. The number of carbonyl (C=O) groups is 2. The molecule has 1 aromatic carbocycles. The number of benzene rings is 1. The lowest BCUT2D eigenvalue weighted by molar-refractivity contribution is -0.132. The van der Waals surface area contributed by atoms with Crippen molar-refractivity contribution in [2.45, 2.75) is 44.6 Å². The average molecular weight is 401 g/mol. The molecule has 1 heterocycles. The largest absolute Gasteiger partial charge is 0.492 e. The predicted octanol–water partition coefficient (Wildman–Crippen LogP) is 3.63. The van der Waals surface area contributed by atoms with E-state index >= 15 is 0 Å². The standard InChI is InChI=1S/C19H26Cl2N2O3/c20-11-3-8-19(25)23-12-9-15(10-13-23)22-18(24)7-4-14-26-17-6-2-1-5-16(17)21/h1-2,5-6,15H,3-4,7-14H2,(H,22,24). The molecule has 144 valence electrons. The van der Waals surface area contributed by atoms with Gasteiger partial charge in [-0.2, -0.15) is 0 Å². The lowest BCUT2D eigenvalue weighted by Crippen LogP contribution is -2.46. The van der Waals surface area contributed by atoms with Crippen LogP contribution in [0.5, 0.6) is 5.75 Å². The van der Waals surface area contributed by atoms with E-state index in [2.05, 4.69) is 5.32 Å². The first-order chi connectivity index (χ1) is 12.6. The molecule has 7 heteroatoms. The van der Waals surface area contributed by atoms with Crippen molar-refractivity contribution in [2.75, 3.05) is 25.6 Å². The first kappa shape index (κ1) is 20.8. The SMILES string of the molecule is O=C(CCCOc1ccccc1Cl)NC1CCN(C(=O)CCCCl)CC1. The maximum absolute atomic E-state index is 12.1. The summed E-state index contributed by atoms with van der Waals surface area (Å²) in [6.07, 6.45) is 3.87. The number of amides is 2. The molecule has 0 aliphatic carbocycles. The molecule has 1 aromatic rings. The van der Waals surface area contributed by atoms with Gasteiger partial charge in [-0.3, -0.25) is 9.59 Å². The number of halogens is 2. The molecule has 0 spiro atoms. The molecule has 1 aliphatic rings. The van der Waals surface area contributed by atoms with Gasteiger partial charge in [0.15, 0.2) is 0 Å².